The van der Waals surface area contributed by atoms with Crippen LogP contribution in [0, 0.1) is 0 Å². The molecule has 0 saturated heterocycles. The summed E-state index contributed by atoms with van der Waals surface area (Å²) in [5.41, 5.74) is 0. The molecule has 1 fully saturated rings. The number of rotatable bonds is 2. The van der Waals surface area contributed by atoms with Crippen LogP contribution in [0.2, 0.25) is 0 Å². The minimum atomic E-state index is -2.58. The molecule has 1 rings (SSSR count). The second-order valence-corrected chi connectivity index (χ2v) is 2.27. The molecule has 0 aromatic rings. The topological polar surface area (TPSA) is 9.23 Å². The Morgan fingerprint density at radius 1 is 1.78 bits per heavy atom. The molecule has 0 heterocycles. The molecule has 0 aliphatic heterocycles. The van der Waals surface area contributed by atoms with Gasteiger partial charge in [-0.3, -0.25) is 0 Å². The quantitative estimate of drug-likeness (QED) is 0.524. The molecule has 0 bridgehead atoms. The van der Waals surface area contributed by atoms with Gasteiger partial charge in [0, 0.05) is 0 Å². The van der Waals surface area contributed by atoms with Crippen molar-refractivity contribution in [2.24, 2.45) is 0 Å². The molecule has 1 unspecified atom stereocenters. The molecule has 1 saturated carbocycles. The van der Waals surface area contributed by atoms with Crippen LogP contribution >= 0.6 is 0 Å². The Balaban J connectivity index is 2.28. The van der Waals surface area contributed by atoms with Gasteiger partial charge in [-0.1, -0.05) is 6.58 Å². The molecule has 1 nitrogen and oxygen atoms in total. The highest BCUT2D eigenvalue weighted by molar-refractivity contribution is 4.99. The lowest BCUT2D eigenvalue weighted by molar-refractivity contribution is 0.0416. The van der Waals surface area contributed by atoms with E-state index in [2.05, 4.69) is 11.3 Å². The zero-order valence-corrected chi connectivity index (χ0v) is 5.16. The van der Waals surface area contributed by atoms with Crippen molar-refractivity contribution in [3.63, 3.8) is 0 Å². The predicted octanol–water partition coefficient (Wildman–Crippen LogP) is 1.94. The van der Waals surface area contributed by atoms with Gasteiger partial charge in [-0.15, -0.1) is 0 Å². The summed E-state index contributed by atoms with van der Waals surface area (Å²) in [6.07, 6.45) is -1.05. The van der Waals surface area contributed by atoms with Gasteiger partial charge in [-0.25, -0.2) is 8.78 Å². The molecule has 9 heavy (non-hydrogen) atoms. The van der Waals surface area contributed by atoms with Gasteiger partial charge in [-0.2, -0.15) is 0 Å². The first-order chi connectivity index (χ1) is 4.02. The summed E-state index contributed by atoms with van der Waals surface area (Å²) in [4.78, 5) is 0. The first-order valence-electron chi connectivity index (χ1n) is 2.72. The molecular formula is C6H8F2O. The monoisotopic (exact) mass is 134 g/mol. The second-order valence-electron chi connectivity index (χ2n) is 2.27. The summed E-state index contributed by atoms with van der Waals surface area (Å²) in [6.45, 7) is 4.91. The minimum Gasteiger partial charge on any atom is -0.489 e. The molecule has 0 amide bonds. The molecule has 1 aliphatic carbocycles. The minimum absolute atomic E-state index is 0.153. The maximum Gasteiger partial charge on any atom is 0.288 e. The van der Waals surface area contributed by atoms with Crippen LogP contribution in [0.4, 0.5) is 8.78 Å². The van der Waals surface area contributed by atoms with E-state index in [0.29, 0.717) is 5.76 Å². The second kappa shape index (κ2) is 1.69. The molecule has 1 atom stereocenters. The van der Waals surface area contributed by atoms with E-state index in [4.69, 9.17) is 0 Å². The van der Waals surface area contributed by atoms with E-state index in [-0.39, 0.29) is 6.42 Å². The van der Waals surface area contributed by atoms with Crippen molar-refractivity contribution in [3.8, 4) is 0 Å². The van der Waals surface area contributed by atoms with Crippen molar-refractivity contribution in [1.29, 1.82) is 0 Å². The van der Waals surface area contributed by atoms with Crippen molar-refractivity contribution >= 4 is 0 Å². The fourth-order valence-electron chi connectivity index (χ4n) is 0.559. The number of hydrogen-bond donors (Lipinski definition) is 0. The average Bonchev–Trinajstić information content (AvgIpc) is 2.10. The smallest absolute Gasteiger partial charge is 0.288 e. The lowest BCUT2D eigenvalue weighted by Gasteiger charge is -2.00. The fourth-order valence-corrected chi connectivity index (χ4v) is 0.559. The Hall–Kier alpha value is -0.600. The van der Waals surface area contributed by atoms with Gasteiger partial charge in [-0.05, 0) is 6.92 Å². The lowest BCUT2D eigenvalue weighted by Crippen LogP contribution is -2.01. The van der Waals surface area contributed by atoms with Crippen molar-refractivity contribution < 1.29 is 13.5 Å². The van der Waals surface area contributed by atoms with Gasteiger partial charge in [0.25, 0.3) is 5.92 Å². The Morgan fingerprint density at radius 3 is 2.33 bits per heavy atom. The third kappa shape index (κ3) is 1.40. The molecule has 1 aliphatic rings. The molecule has 0 N–H and O–H groups in total. The highest BCUT2D eigenvalue weighted by Crippen LogP contribution is 2.45. The Labute approximate surface area is 52.3 Å². The van der Waals surface area contributed by atoms with Gasteiger partial charge in [0.05, 0.1) is 12.2 Å². The largest absolute Gasteiger partial charge is 0.489 e. The Bertz CT molecular complexity index is 142. The molecule has 0 radical (unpaired) electrons. The van der Waals surface area contributed by atoms with Gasteiger partial charge in [0.2, 0.25) is 0 Å². The van der Waals surface area contributed by atoms with E-state index in [0.717, 1.165) is 0 Å². The molecule has 0 aromatic carbocycles. The van der Waals surface area contributed by atoms with E-state index in [1.54, 1.807) is 6.92 Å². The number of halogens is 2. The number of allylic oxidation sites excluding steroid dienone is 1. The van der Waals surface area contributed by atoms with E-state index in [1.807, 2.05) is 0 Å². The summed E-state index contributed by atoms with van der Waals surface area (Å²) in [6, 6.07) is 0. The van der Waals surface area contributed by atoms with Crippen LogP contribution in [0.1, 0.15) is 13.3 Å². The zero-order chi connectivity index (χ0) is 7.07. The zero-order valence-electron chi connectivity index (χ0n) is 5.16. The summed E-state index contributed by atoms with van der Waals surface area (Å²) in [5.74, 6) is -2.23. The van der Waals surface area contributed by atoms with E-state index >= 15 is 0 Å². The number of ether oxygens (including phenoxy) is 1. The Morgan fingerprint density at radius 2 is 2.22 bits per heavy atom. The first kappa shape index (κ1) is 6.52. The van der Waals surface area contributed by atoms with Crippen LogP contribution in [0.15, 0.2) is 12.3 Å². The maximum atomic E-state index is 12.0. The van der Waals surface area contributed by atoms with Gasteiger partial charge in [0.1, 0.15) is 0 Å². The predicted molar refractivity (Wildman–Crippen MR) is 29.3 cm³/mol. The Kier molecular flexibility index (Phi) is 1.22. The normalized spacial score (nSPS) is 29.4. The van der Waals surface area contributed by atoms with Gasteiger partial charge >= 0.3 is 0 Å². The van der Waals surface area contributed by atoms with Crippen LogP contribution in [0.5, 0.6) is 0 Å². The van der Waals surface area contributed by atoms with Crippen LogP contribution in [0.3, 0.4) is 0 Å². The van der Waals surface area contributed by atoms with Crippen LogP contribution in [-0.2, 0) is 4.74 Å². The summed E-state index contributed by atoms with van der Waals surface area (Å²) in [7, 11) is 0. The van der Waals surface area contributed by atoms with Crippen LogP contribution in [-0.4, -0.2) is 12.0 Å². The van der Waals surface area contributed by atoms with E-state index in [1.165, 1.54) is 0 Å². The highest BCUT2D eigenvalue weighted by Gasteiger charge is 2.59. The van der Waals surface area contributed by atoms with Gasteiger partial charge < -0.3 is 4.74 Å². The first-order valence-corrected chi connectivity index (χ1v) is 2.72. The number of hydrogen-bond acceptors (Lipinski definition) is 1. The fraction of sp³-hybridized carbons (Fsp3) is 0.667. The summed E-state index contributed by atoms with van der Waals surface area (Å²) >= 11 is 0. The molecule has 0 aromatic heterocycles. The standard InChI is InChI=1S/C6H8F2O/c1-4(2)9-5-3-6(5,7)8/h5H,1,3H2,2H3. The van der Waals surface area contributed by atoms with Crippen molar-refractivity contribution in [3.05, 3.63) is 12.3 Å². The van der Waals surface area contributed by atoms with Crippen LogP contribution < -0.4 is 0 Å². The lowest BCUT2D eigenvalue weighted by atomic mass is 10.6. The third-order valence-electron chi connectivity index (χ3n) is 1.11. The molecule has 3 heteroatoms. The van der Waals surface area contributed by atoms with E-state index < -0.39 is 12.0 Å². The summed E-state index contributed by atoms with van der Waals surface area (Å²) in [5, 5.41) is 0. The average molecular weight is 134 g/mol. The van der Waals surface area contributed by atoms with Crippen molar-refractivity contribution in [1.82, 2.24) is 0 Å². The maximum absolute atomic E-state index is 12.0. The SMILES string of the molecule is C=C(C)OC1CC1(F)F. The molecule has 52 valence electrons. The van der Waals surface area contributed by atoms with Crippen molar-refractivity contribution in [2.75, 3.05) is 0 Å². The van der Waals surface area contributed by atoms with Crippen molar-refractivity contribution in [2.45, 2.75) is 25.4 Å². The molecular weight excluding hydrogens is 126 g/mol. The van der Waals surface area contributed by atoms with Gasteiger partial charge in [0.15, 0.2) is 6.10 Å². The number of alkyl halides is 2. The van der Waals surface area contributed by atoms with Crippen LogP contribution in [0.25, 0.3) is 0 Å². The van der Waals surface area contributed by atoms with E-state index in [9.17, 15) is 8.78 Å². The third-order valence-corrected chi connectivity index (χ3v) is 1.11. The molecule has 0 spiro atoms. The highest BCUT2D eigenvalue weighted by atomic mass is 19.3. The summed E-state index contributed by atoms with van der Waals surface area (Å²) < 4.78 is 28.6.